The molecule has 0 saturated carbocycles. The first-order valence-corrected chi connectivity index (χ1v) is 8.17. The van der Waals surface area contributed by atoms with Crippen molar-refractivity contribution in [1.29, 1.82) is 0 Å². The first-order valence-electron chi connectivity index (χ1n) is 8.17. The number of nitrogens with one attached hydrogen (secondary N) is 2. The molecule has 0 fully saturated rings. The molecular weight excluding hydrogens is 308 g/mol. The highest BCUT2D eigenvalue weighted by Crippen LogP contribution is 2.13. The Morgan fingerprint density at radius 2 is 2.04 bits per heavy atom. The van der Waals surface area contributed by atoms with Gasteiger partial charge in [-0.25, -0.2) is 4.68 Å². The van der Waals surface area contributed by atoms with Crippen molar-refractivity contribution < 1.29 is 9.53 Å². The fourth-order valence-corrected chi connectivity index (χ4v) is 2.18. The summed E-state index contributed by atoms with van der Waals surface area (Å²) >= 11 is 0. The number of rotatable bonds is 9. The normalized spacial score (nSPS) is 10.6. The van der Waals surface area contributed by atoms with E-state index in [4.69, 9.17) is 4.74 Å². The van der Waals surface area contributed by atoms with Crippen LogP contribution in [0.1, 0.15) is 36.3 Å². The highest BCUT2D eigenvalue weighted by atomic mass is 16.5. The molecule has 0 unspecified atom stereocenters. The van der Waals surface area contributed by atoms with Gasteiger partial charge in [0.1, 0.15) is 0 Å². The molecule has 2 aromatic heterocycles. The molecule has 0 radical (unpaired) electrons. The van der Waals surface area contributed by atoms with E-state index in [-0.39, 0.29) is 5.91 Å². The minimum Gasteiger partial charge on any atom is -0.477 e. The molecule has 8 nitrogen and oxygen atoms in total. The number of carbonyl (C=O) groups is 1. The zero-order valence-electron chi connectivity index (χ0n) is 14.4. The van der Waals surface area contributed by atoms with E-state index in [1.54, 1.807) is 23.0 Å². The molecule has 0 aliphatic rings. The van der Waals surface area contributed by atoms with Crippen LogP contribution < -0.4 is 15.4 Å². The van der Waals surface area contributed by atoms with Gasteiger partial charge in [0, 0.05) is 19.2 Å². The predicted octanol–water partition coefficient (Wildman–Crippen LogP) is 1.10. The Labute approximate surface area is 141 Å². The molecule has 0 spiro atoms. The molecule has 0 bridgehead atoms. The molecule has 24 heavy (non-hydrogen) atoms. The molecule has 2 aromatic rings. The Morgan fingerprint density at radius 3 is 2.71 bits per heavy atom. The summed E-state index contributed by atoms with van der Waals surface area (Å²) in [5.41, 5.74) is 1.24. The Kier molecular flexibility index (Phi) is 6.68. The molecule has 0 aromatic carbocycles. The van der Waals surface area contributed by atoms with E-state index in [9.17, 15) is 4.79 Å². The maximum absolute atomic E-state index is 12.2. The minimum absolute atomic E-state index is 0.143. The van der Waals surface area contributed by atoms with Crippen LogP contribution in [0.4, 0.5) is 0 Å². The molecule has 0 aliphatic carbocycles. The second-order valence-electron chi connectivity index (χ2n) is 5.22. The number of amides is 1. The van der Waals surface area contributed by atoms with Crippen molar-refractivity contribution in [2.45, 2.75) is 27.2 Å². The van der Waals surface area contributed by atoms with E-state index in [1.165, 1.54) is 0 Å². The third kappa shape index (κ3) is 4.51. The van der Waals surface area contributed by atoms with Crippen molar-refractivity contribution in [1.82, 2.24) is 30.6 Å². The minimum atomic E-state index is -0.143. The van der Waals surface area contributed by atoms with Gasteiger partial charge in [-0.1, -0.05) is 6.92 Å². The van der Waals surface area contributed by atoms with Gasteiger partial charge in [0.05, 0.1) is 24.1 Å². The number of carbonyl (C=O) groups excluding carboxylic acids is 1. The Morgan fingerprint density at radius 1 is 1.21 bits per heavy atom. The smallest absolute Gasteiger partial charge is 0.254 e. The second-order valence-corrected chi connectivity index (χ2v) is 5.22. The number of nitrogens with zero attached hydrogens (tertiary/aromatic N) is 4. The summed E-state index contributed by atoms with van der Waals surface area (Å²) in [7, 11) is 0. The van der Waals surface area contributed by atoms with Gasteiger partial charge < -0.3 is 15.4 Å². The maximum Gasteiger partial charge on any atom is 0.254 e. The lowest BCUT2D eigenvalue weighted by Gasteiger charge is -2.07. The quantitative estimate of drug-likeness (QED) is 0.668. The van der Waals surface area contributed by atoms with E-state index < -0.39 is 0 Å². The van der Waals surface area contributed by atoms with Gasteiger partial charge in [0.15, 0.2) is 5.82 Å². The van der Waals surface area contributed by atoms with Crippen LogP contribution in [-0.4, -0.2) is 52.1 Å². The lowest BCUT2D eigenvalue weighted by Crippen LogP contribution is -2.32. The average Bonchev–Trinajstić information content (AvgIpc) is 2.97. The molecule has 1 amide bonds. The number of ether oxygens (including phenoxy) is 1. The second kappa shape index (κ2) is 8.97. The first-order chi connectivity index (χ1) is 11.7. The Hall–Kier alpha value is -2.48. The van der Waals surface area contributed by atoms with Crippen molar-refractivity contribution in [3.63, 3.8) is 0 Å². The number of hydrogen-bond acceptors (Lipinski definition) is 6. The molecular formula is C16H24N6O2. The number of aromatic nitrogens is 4. The standard InChI is InChI=1S/C16H24N6O2/c1-4-8-17-9-10-18-16(23)13-11-19-22(12(13)3)14-6-7-15(21-20-14)24-5-2/h6-7,11,17H,4-5,8-10H2,1-3H3,(H,18,23). The van der Waals surface area contributed by atoms with Gasteiger partial charge in [0.25, 0.3) is 5.91 Å². The zero-order chi connectivity index (χ0) is 17.4. The summed E-state index contributed by atoms with van der Waals surface area (Å²) in [5, 5.41) is 18.4. The summed E-state index contributed by atoms with van der Waals surface area (Å²) < 4.78 is 6.86. The van der Waals surface area contributed by atoms with Gasteiger partial charge in [-0.15, -0.1) is 10.2 Å². The largest absolute Gasteiger partial charge is 0.477 e. The summed E-state index contributed by atoms with van der Waals surface area (Å²) in [6.07, 6.45) is 2.62. The van der Waals surface area contributed by atoms with E-state index in [0.717, 1.165) is 19.5 Å². The molecule has 130 valence electrons. The van der Waals surface area contributed by atoms with Crippen LogP contribution in [0, 0.1) is 6.92 Å². The SMILES string of the molecule is CCCNCCNC(=O)c1cnn(-c2ccc(OCC)nn2)c1C. The molecule has 2 N–H and O–H groups in total. The van der Waals surface area contributed by atoms with Crippen LogP contribution in [0.3, 0.4) is 0 Å². The molecule has 8 heteroatoms. The van der Waals surface area contributed by atoms with E-state index in [1.807, 2.05) is 13.8 Å². The van der Waals surface area contributed by atoms with Crippen molar-refractivity contribution in [3.05, 3.63) is 29.6 Å². The number of hydrogen-bond donors (Lipinski definition) is 2. The first kappa shape index (κ1) is 17.9. The van der Waals surface area contributed by atoms with Crippen molar-refractivity contribution in [2.75, 3.05) is 26.2 Å². The Bertz CT molecular complexity index is 653. The highest BCUT2D eigenvalue weighted by molar-refractivity contribution is 5.95. The van der Waals surface area contributed by atoms with Gasteiger partial charge >= 0.3 is 0 Å². The average molecular weight is 332 g/mol. The monoisotopic (exact) mass is 332 g/mol. The topological polar surface area (TPSA) is 94.0 Å². The predicted molar refractivity (Wildman–Crippen MR) is 90.6 cm³/mol. The van der Waals surface area contributed by atoms with E-state index in [0.29, 0.717) is 36.1 Å². The van der Waals surface area contributed by atoms with Crippen LogP contribution in [-0.2, 0) is 0 Å². The zero-order valence-corrected chi connectivity index (χ0v) is 14.4. The molecule has 0 atom stereocenters. The third-order valence-corrected chi connectivity index (χ3v) is 3.40. The van der Waals surface area contributed by atoms with Crippen LogP contribution in [0.15, 0.2) is 18.3 Å². The molecule has 0 aliphatic heterocycles. The van der Waals surface area contributed by atoms with Crippen molar-refractivity contribution >= 4 is 5.91 Å². The summed E-state index contributed by atoms with van der Waals surface area (Å²) in [6, 6.07) is 3.49. The fraction of sp³-hybridized carbons (Fsp3) is 0.500. The van der Waals surface area contributed by atoms with E-state index in [2.05, 4.69) is 32.9 Å². The molecule has 0 saturated heterocycles. The van der Waals surface area contributed by atoms with Gasteiger partial charge in [-0.3, -0.25) is 4.79 Å². The van der Waals surface area contributed by atoms with Crippen LogP contribution in [0.5, 0.6) is 5.88 Å². The van der Waals surface area contributed by atoms with Crippen molar-refractivity contribution in [3.8, 4) is 11.7 Å². The van der Waals surface area contributed by atoms with Crippen LogP contribution in [0.2, 0.25) is 0 Å². The Balaban J connectivity index is 2.00. The van der Waals surface area contributed by atoms with Crippen LogP contribution >= 0.6 is 0 Å². The summed E-state index contributed by atoms with van der Waals surface area (Å²) in [6.45, 7) is 8.62. The van der Waals surface area contributed by atoms with Gasteiger partial charge in [-0.2, -0.15) is 5.10 Å². The summed E-state index contributed by atoms with van der Waals surface area (Å²) in [5.74, 6) is 0.860. The lowest BCUT2D eigenvalue weighted by atomic mass is 10.2. The highest BCUT2D eigenvalue weighted by Gasteiger charge is 2.15. The van der Waals surface area contributed by atoms with E-state index >= 15 is 0 Å². The lowest BCUT2D eigenvalue weighted by molar-refractivity contribution is 0.0953. The van der Waals surface area contributed by atoms with Gasteiger partial charge in [0.2, 0.25) is 5.88 Å². The maximum atomic E-state index is 12.2. The fourth-order valence-electron chi connectivity index (χ4n) is 2.18. The van der Waals surface area contributed by atoms with Crippen LogP contribution in [0.25, 0.3) is 5.82 Å². The van der Waals surface area contributed by atoms with Crippen molar-refractivity contribution in [2.24, 2.45) is 0 Å². The third-order valence-electron chi connectivity index (χ3n) is 3.40. The molecule has 2 heterocycles. The van der Waals surface area contributed by atoms with Gasteiger partial charge in [-0.05, 0) is 32.9 Å². The summed E-state index contributed by atoms with van der Waals surface area (Å²) in [4.78, 5) is 12.2. The molecule has 2 rings (SSSR count).